The van der Waals surface area contributed by atoms with Crippen LogP contribution in [0.4, 0.5) is 5.69 Å². The third kappa shape index (κ3) is 3.30. The van der Waals surface area contributed by atoms with Crippen LogP contribution in [0.3, 0.4) is 0 Å². The maximum absolute atomic E-state index is 12.2. The van der Waals surface area contributed by atoms with Crippen molar-refractivity contribution in [2.45, 2.75) is 6.92 Å². The minimum atomic E-state index is -0.461. The smallest absolute Gasteiger partial charge is 0.266 e. The van der Waals surface area contributed by atoms with Gasteiger partial charge in [0.1, 0.15) is 23.0 Å². The Hall–Kier alpha value is -3.32. The number of furan rings is 1. The van der Waals surface area contributed by atoms with E-state index < -0.39 is 5.91 Å². The molecule has 0 saturated heterocycles. The second-order valence-corrected chi connectivity index (χ2v) is 5.18. The first-order chi connectivity index (χ1) is 11.2. The van der Waals surface area contributed by atoms with Gasteiger partial charge in [-0.3, -0.25) is 4.79 Å². The lowest BCUT2D eigenvalue weighted by Gasteiger charge is -2.04. The number of anilines is 1. The van der Waals surface area contributed by atoms with Gasteiger partial charge in [-0.05, 0) is 31.2 Å². The van der Waals surface area contributed by atoms with Crippen molar-refractivity contribution in [1.29, 1.82) is 5.26 Å². The second kappa shape index (κ2) is 6.20. The van der Waals surface area contributed by atoms with Gasteiger partial charge in [-0.25, -0.2) is 0 Å². The molecule has 0 aliphatic heterocycles. The number of carbonyl (C=O) groups excluding carboxylic acids is 1. The molecule has 1 heterocycles. The number of fused-ring (bicyclic) bond motifs is 1. The summed E-state index contributed by atoms with van der Waals surface area (Å²) >= 11 is 0. The summed E-state index contributed by atoms with van der Waals surface area (Å²) in [7, 11) is 0. The normalized spacial score (nSPS) is 11.2. The summed E-state index contributed by atoms with van der Waals surface area (Å²) in [6, 6.07) is 18.6. The highest BCUT2D eigenvalue weighted by molar-refractivity contribution is 6.09. The molecule has 1 amide bonds. The lowest BCUT2D eigenvalue weighted by atomic mass is 10.2. The van der Waals surface area contributed by atoms with Crippen molar-refractivity contribution in [3.05, 3.63) is 71.5 Å². The van der Waals surface area contributed by atoms with E-state index in [0.717, 1.165) is 16.5 Å². The number of carbonyl (C=O) groups is 1. The van der Waals surface area contributed by atoms with Crippen molar-refractivity contribution in [3.8, 4) is 6.07 Å². The summed E-state index contributed by atoms with van der Waals surface area (Å²) < 4.78 is 5.61. The highest BCUT2D eigenvalue weighted by Crippen LogP contribution is 2.21. The Kier molecular flexibility index (Phi) is 3.94. The number of amides is 1. The van der Waals surface area contributed by atoms with Gasteiger partial charge in [0, 0.05) is 17.1 Å². The number of hydrogen-bond donors (Lipinski definition) is 1. The molecule has 3 rings (SSSR count). The van der Waals surface area contributed by atoms with E-state index in [2.05, 4.69) is 5.32 Å². The molecular weight excluding hydrogens is 288 g/mol. The Labute approximate surface area is 133 Å². The van der Waals surface area contributed by atoms with E-state index in [4.69, 9.17) is 4.42 Å². The summed E-state index contributed by atoms with van der Waals surface area (Å²) in [6.07, 6.45) is 1.45. The third-order valence-electron chi connectivity index (χ3n) is 3.41. The molecule has 112 valence electrons. The molecule has 1 N–H and O–H groups in total. The van der Waals surface area contributed by atoms with E-state index >= 15 is 0 Å². The first kappa shape index (κ1) is 14.6. The van der Waals surface area contributed by atoms with Gasteiger partial charge in [-0.2, -0.15) is 5.26 Å². The number of nitrogens with one attached hydrogen (secondary N) is 1. The average molecular weight is 302 g/mol. The van der Waals surface area contributed by atoms with Crippen LogP contribution >= 0.6 is 0 Å². The first-order valence-corrected chi connectivity index (χ1v) is 7.14. The SMILES string of the molecule is Cc1ccc(NC(=O)/C(C#N)=C/c2cc3ccccc3o2)cc1. The van der Waals surface area contributed by atoms with Crippen molar-refractivity contribution in [2.24, 2.45) is 0 Å². The molecule has 0 spiro atoms. The predicted molar refractivity (Wildman–Crippen MR) is 89.6 cm³/mol. The van der Waals surface area contributed by atoms with Gasteiger partial charge in [0.15, 0.2) is 0 Å². The minimum absolute atomic E-state index is 0.00960. The van der Waals surface area contributed by atoms with Crippen LogP contribution in [0.2, 0.25) is 0 Å². The average Bonchev–Trinajstić information content (AvgIpc) is 2.97. The van der Waals surface area contributed by atoms with Crippen molar-refractivity contribution in [1.82, 2.24) is 0 Å². The molecule has 2 aromatic carbocycles. The Balaban J connectivity index is 1.84. The Morgan fingerprint density at radius 3 is 2.61 bits per heavy atom. The zero-order valence-electron chi connectivity index (χ0n) is 12.5. The predicted octanol–water partition coefficient (Wildman–Crippen LogP) is 4.29. The van der Waals surface area contributed by atoms with E-state index in [0.29, 0.717) is 11.4 Å². The number of aryl methyl sites for hydroxylation is 1. The molecule has 0 bridgehead atoms. The number of benzene rings is 2. The first-order valence-electron chi connectivity index (χ1n) is 7.14. The molecule has 1 aromatic heterocycles. The van der Waals surface area contributed by atoms with Gasteiger partial charge in [0.2, 0.25) is 0 Å². The molecule has 0 aliphatic rings. The van der Waals surface area contributed by atoms with Crippen LogP contribution in [0.15, 0.2) is 64.6 Å². The quantitative estimate of drug-likeness (QED) is 0.580. The van der Waals surface area contributed by atoms with Crippen LogP contribution in [-0.4, -0.2) is 5.91 Å². The van der Waals surface area contributed by atoms with Crippen LogP contribution in [-0.2, 0) is 4.79 Å². The highest BCUT2D eigenvalue weighted by Gasteiger charge is 2.11. The number of nitriles is 1. The standard InChI is InChI=1S/C19H14N2O2/c1-13-6-8-16(9-7-13)21-19(22)15(12-20)11-17-10-14-4-2-3-5-18(14)23-17/h2-11H,1H3,(H,21,22)/b15-11+. The lowest BCUT2D eigenvalue weighted by Crippen LogP contribution is -2.13. The van der Waals surface area contributed by atoms with Crippen molar-refractivity contribution >= 4 is 28.6 Å². The number of hydrogen-bond acceptors (Lipinski definition) is 3. The number of rotatable bonds is 3. The summed E-state index contributed by atoms with van der Waals surface area (Å²) in [5.41, 5.74) is 2.45. The molecule has 0 aliphatic carbocycles. The second-order valence-electron chi connectivity index (χ2n) is 5.18. The molecule has 0 atom stereocenters. The van der Waals surface area contributed by atoms with Crippen LogP contribution < -0.4 is 5.32 Å². The minimum Gasteiger partial charge on any atom is -0.457 e. The Morgan fingerprint density at radius 2 is 1.91 bits per heavy atom. The fourth-order valence-corrected chi connectivity index (χ4v) is 2.20. The summed E-state index contributed by atoms with van der Waals surface area (Å²) in [5, 5.41) is 12.9. The number of para-hydroxylation sites is 1. The van der Waals surface area contributed by atoms with Crippen LogP contribution in [0.25, 0.3) is 17.0 Å². The van der Waals surface area contributed by atoms with E-state index in [9.17, 15) is 10.1 Å². The van der Waals surface area contributed by atoms with Gasteiger partial charge in [-0.15, -0.1) is 0 Å². The van der Waals surface area contributed by atoms with Crippen molar-refractivity contribution in [3.63, 3.8) is 0 Å². The third-order valence-corrected chi connectivity index (χ3v) is 3.41. The van der Waals surface area contributed by atoms with Crippen molar-refractivity contribution in [2.75, 3.05) is 5.32 Å². The lowest BCUT2D eigenvalue weighted by molar-refractivity contribution is -0.112. The Bertz CT molecular complexity index is 895. The fourth-order valence-electron chi connectivity index (χ4n) is 2.20. The molecule has 0 saturated carbocycles. The zero-order chi connectivity index (χ0) is 16.2. The Morgan fingerprint density at radius 1 is 1.17 bits per heavy atom. The molecule has 4 heteroatoms. The van der Waals surface area contributed by atoms with E-state index in [-0.39, 0.29) is 5.57 Å². The van der Waals surface area contributed by atoms with Gasteiger partial charge in [0.05, 0.1) is 0 Å². The maximum atomic E-state index is 12.2. The summed E-state index contributed by atoms with van der Waals surface area (Å²) in [5.74, 6) is 0.0126. The monoisotopic (exact) mass is 302 g/mol. The van der Waals surface area contributed by atoms with E-state index in [1.54, 1.807) is 18.2 Å². The summed E-state index contributed by atoms with van der Waals surface area (Å²) in [6.45, 7) is 1.97. The largest absolute Gasteiger partial charge is 0.457 e. The molecule has 0 radical (unpaired) electrons. The molecule has 4 nitrogen and oxygen atoms in total. The van der Waals surface area contributed by atoms with Gasteiger partial charge in [0.25, 0.3) is 5.91 Å². The molecule has 0 fully saturated rings. The van der Waals surface area contributed by atoms with Crippen LogP contribution in [0.5, 0.6) is 0 Å². The van der Waals surface area contributed by atoms with E-state index in [1.807, 2.05) is 49.4 Å². The maximum Gasteiger partial charge on any atom is 0.266 e. The summed E-state index contributed by atoms with van der Waals surface area (Å²) in [4.78, 5) is 12.2. The molecule has 3 aromatic rings. The molecule has 0 unspecified atom stereocenters. The van der Waals surface area contributed by atoms with Crippen molar-refractivity contribution < 1.29 is 9.21 Å². The van der Waals surface area contributed by atoms with E-state index in [1.165, 1.54) is 6.08 Å². The van der Waals surface area contributed by atoms with Gasteiger partial charge in [-0.1, -0.05) is 35.9 Å². The van der Waals surface area contributed by atoms with Crippen LogP contribution in [0, 0.1) is 18.3 Å². The fraction of sp³-hybridized carbons (Fsp3) is 0.0526. The highest BCUT2D eigenvalue weighted by atomic mass is 16.3. The molecular formula is C19H14N2O2. The van der Waals surface area contributed by atoms with Gasteiger partial charge < -0.3 is 9.73 Å². The zero-order valence-corrected chi connectivity index (χ0v) is 12.5. The van der Waals surface area contributed by atoms with Gasteiger partial charge >= 0.3 is 0 Å². The number of nitrogens with zero attached hydrogens (tertiary/aromatic N) is 1. The van der Waals surface area contributed by atoms with Crippen LogP contribution in [0.1, 0.15) is 11.3 Å². The topological polar surface area (TPSA) is 66.0 Å². The molecule has 23 heavy (non-hydrogen) atoms.